The lowest BCUT2D eigenvalue weighted by atomic mass is 10.2. The molecule has 19 heavy (non-hydrogen) atoms. The molecule has 0 spiro atoms. The van der Waals surface area contributed by atoms with E-state index in [0.29, 0.717) is 0 Å². The zero-order valence-electron chi connectivity index (χ0n) is 11.1. The SMILES string of the molecule is c1ccc2c(c1)ncn2CCCO[C@H]1CCCCO1. The second kappa shape index (κ2) is 6.17. The second-order valence-electron chi connectivity index (χ2n) is 4.95. The van der Waals surface area contributed by atoms with Gasteiger partial charge < -0.3 is 14.0 Å². The molecule has 0 saturated carbocycles. The molecule has 1 aliphatic heterocycles. The van der Waals surface area contributed by atoms with Crippen LogP contribution >= 0.6 is 0 Å². The van der Waals surface area contributed by atoms with Gasteiger partial charge in [-0.3, -0.25) is 0 Å². The minimum absolute atomic E-state index is 0.0216. The normalized spacial score (nSPS) is 19.9. The van der Waals surface area contributed by atoms with Gasteiger partial charge in [0.25, 0.3) is 0 Å². The molecule has 1 aliphatic rings. The first-order valence-electron chi connectivity index (χ1n) is 7.06. The van der Waals surface area contributed by atoms with Crippen molar-refractivity contribution in [3.05, 3.63) is 30.6 Å². The van der Waals surface area contributed by atoms with Crippen LogP contribution in [0.3, 0.4) is 0 Å². The minimum atomic E-state index is 0.0216. The summed E-state index contributed by atoms with van der Waals surface area (Å²) in [5, 5.41) is 0. The second-order valence-corrected chi connectivity index (χ2v) is 4.95. The quantitative estimate of drug-likeness (QED) is 0.775. The zero-order valence-corrected chi connectivity index (χ0v) is 11.1. The summed E-state index contributed by atoms with van der Waals surface area (Å²) in [6.45, 7) is 2.53. The zero-order chi connectivity index (χ0) is 12.9. The number of ether oxygens (including phenoxy) is 2. The molecule has 3 rings (SSSR count). The maximum atomic E-state index is 5.74. The van der Waals surface area contributed by atoms with E-state index in [1.54, 1.807) is 0 Å². The van der Waals surface area contributed by atoms with Crippen LogP contribution in [0.5, 0.6) is 0 Å². The molecule has 0 bridgehead atoms. The predicted molar refractivity (Wildman–Crippen MR) is 73.9 cm³/mol. The maximum Gasteiger partial charge on any atom is 0.157 e. The van der Waals surface area contributed by atoms with Gasteiger partial charge in [0.2, 0.25) is 0 Å². The fourth-order valence-electron chi connectivity index (χ4n) is 2.48. The topological polar surface area (TPSA) is 36.3 Å². The van der Waals surface area contributed by atoms with Crippen molar-refractivity contribution in [3.63, 3.8) is 0 Å². The minimum Gasteiger partial charge on any atom is -0.353 e. The fraction of sp³-hybridized carbons (Fsp3) is 0.533. The summed E-state index contributed by atoms with van der Waals surface area (Å²) in [6, 6.07) is 8.21. The number of rotatable bonds is 5. The van der Waals surface area contributed by atoms with Gasteiger partial charge in [0.15, 0.2) is 6.29 Å². The van der Waals surface area contributed by atoms with E-state index < -0.39 is 0 Å². The largest absolute Gasteiger partial charge is 0.353 e. The first kappa shape index (κ1) is 12.6. The molecule has 0 aliphatic carbocycles. The summed E-state index contributed by atoms with van der Waals surface area (Å²) in [6.07, 6.45) is 6.33. The van der Waals surface area contributed by atoms with Gasteiger partial charge in [0.05, 0.1) is 24.0 Å². The monoisotopic (exact) mass is 260 g/mol. The number of hydrogen-bond donors (Lipinski definition) is 0. The Kier molecular flexibility index (Phi) is 4.10. The van der Waals surface area contributed by atoms with Crippen LogP contribution in [-0.2, 0) is 16.0 Å². The molecule has 2 aromatic rings. The number of fused-ring (bicyclic) bond motifs is 1. The highest BCUT2D eigenvalue weighted by Crippen LogP contribution is 2.15. The van der Waals surface area contributed by atoms with E-state index in [9.17, 15) is 0 Å². The molecule has 1 fully saturated rings. The summed E-state index contributed by atoms with van der Waals surface area (Å²) in [5.41, 5.74) is 2.25. The molecule has 1 saturated heterocycles. The third-order valence-corrected chi connectivity index (χ3v) is 3.51. The molecule has 0 unspecified atom stereocenters. The van der Waals surface area contributed by atoms with Crippen LogP contribution in [0.4, 0.5) is 0 Å². The van der Waals surface area contributed by atoms with Crippen LogP contribution in [0, 0.1) is 0 Å². The Hall–Kier alpha value is -1.39. The highest BCUT2D eigenvalue weighted by atomic mass is 16.7. The molecule has 4 nitrogen and oxygen atoms in total. The van der Waals surface area contributed by atoms with Crippen LogP contribution in [0.15, 0.2) is 30.6 Å². The molecular weight excluding hydrogens is 240 g/mol. The maximum absolute atomic E-state index is 5.74. The van der Waals surface area contributed by atoms with Crippen molar-refractivity contribution in [1.82, 2.24) is 9.55 Å². The van der Waals surface area contributed by atoms with Gasteiger partial charge in [0.1, 0.15) is 0 Å². The summed E-state index contributed by atoms with van der Waals surface area (Å²) < 4.78 is 13.5. The Labute approximate surface area is 113 Å². The first-order valence-corrected chi connectivity index (χ1v) is 7.06. The van der Waals surface area contributed by atoms with Gasteiger partial charge in [-0.25, -0.2) is 4.98 Å². The standard InChI is InChI=1S/C15H20N2O2/c1-2-7-14-13(6-1)16-12-17(14)9-5-11-19-15-8-3-4-10-18-15/h1-2,6-7,12,15H,3-5,8-11H2/t15-/m0/s1. The van der Waals surface area contributed by atoms with Crippen molar-refractivity contribution in [2.24, 2.45) is 0 Å². The lowest BCUT2D eigenvalue weighted by Gasteiger charge is -2.22. The van der Waals surface area contributed by atoms with Crippen molar-refractivity contribution in [2.45, 2.75) is 38.5 Å². The lowest BCUT2D eigenvalue weighted by Crippen LogP contribution is -2.22. The first-order chi connectivity index (χ1) is 9.43. The van der Waals surface area contributed by atoms with Gasteiger partial charge >= 0.3 is 0 Å². The molecule has 1 atom stereocenters. The van der Waals surface area contributed by atoms with Gasteiger partial charge in [-0.2, -0.15) is 0 Å². The molecule has 1 aromatic heterocycles. The van der Waals surface area contributed by atoms with Crippen LogP contribution in [0.2, 0.25) is 0 Å². The summed E-state index contributed by atoms with van der Waals surface area (Å²) in [5.74, 6) is 0. The molecule has 4 heteroatoms. The number of aryl methyl sites for hydroxylation is 1. The van der Waals surface area contributed by atoms with Crippen molar-refractivity contribution in [1.29, 1.82) is 0 Å². The van der Waals surface area contributed by atoms with Gasteiger partial charge in [0, 0.05) is 13.2 Å². The number of aromatic nitrogens is 2. The highest BCUT2D eigenvalue weighted by molar-refractivity contribution is 5.74. The van der Waals surface area contributed by atoms with E-state index in [2.05, 4.69) is 15.6 Å². The van der Waals surface area contributed by atoms with E-state index in [1.807, 2.05) is 24.5 Å². The summed E-state index contributed by atoms with van der Waals surface area (Å²) >= 11 is 0. The molecule has 2 heterocycles. The van der Waals surface area contributed by atoms with Crippen LogP contribution < -0.4 is 0 Å². The van der Waals surface area contributed by atoms with Gasteiger partial charge in [-0.1, -0.05) is 12.1 Å². The fourth-order valence-corrected chi connectivity index (χ4v) is 2.48. The Balaban J connectivity index is 1.47. The Morgan fingerprint density at radius 2 is 2.26 bits per heavy atom. The number of hydrogen-bond acceptors (Lipinski definition) is 3. The number of benzene rings is 1. The third kappa shape index (κ3) is 3.14. The van der Waals surface area contributed by atoms with Crippen LogP contribution in [0.1, 0.15) is 25.7 Å². The van der Waals surface area contributed by atoms with Gasteiger partial charge in [-0.15, -0.1) is 0 Å². The summed E-state index contributed by atoms with van der Waals surface area (Å²) in [4.78, 5) is 4.38. The van der Waals surface area contributed by atoms with Gasteiger partial charge in [-0.05, 0) is 37.8 Å². The average Bonchev–Trinajstić information content (AvgIpc) is 2.88. The molecular formula is C15H20N2O2. The third-order valence-electron chi connectivity index (χ3n) is 3.51. The molecule has 0 N–H and O–H groups in total. The number of nitrogens with zero attached hydrogens (tertiary/aromatic N) is 2. The lowest BCUT2D eigenvalue weighted by molar-refractivity contribution is -0.162. The van der Waals surface area contributed by atoms with E-state index in [0.717, 1.165) is 38.1 Å². The van der Waals surface area contributed by atoms with Crippen LogP contribution in [-0.4, -0.2) is 29.1 Å². The van der Waals surface area contributed by atoms with Crippen molar-refractivity contribution < 1.29 is 9.47 Å². The molecule has 102 valence electrons. The predicted octanol–water partition coefficient (Wildman–Crippen LogP) is 2.97. The smallest absolute Gasteiger partial charge is 0.157 e. The van der Waals surface area contributed by atoms with E-state index in [1.165, 1.54) is 18.4 Å². The highest BCUT2D eigenvalue weighted by Gasteiger charge is 2.13. The van der Waals surface area contributed by atoms with Crippen molar-refractivity contribution >= 4 is 11.0 Å². The number of para-hydroxylation sites is 2. The summed E-state index contributed by atoms with van der Waals surface area (Å²) in [7, 11) is 0. The average molecular weight is 260 g/mol. The molecule has 0 amide bonds. The molecule has 1 aromatic carbocycles. The molecule has 0 radical (unpaired) electrons. The van der Waals surface area contributed by atoms with E-state index >= 15 is 0 Å². The van der Waals surface area contributed by atoms with Crippen molar-refractivity contribution in [3.8, 4) is 0 Å². The van der Waals surface area contributed by atoms with E-state index in [4.69, 9.17) is 9.47 Å². The number of imidazole rings is 1. The Bertz CT molecular complexity index is 518. The Morgan fingerprint density at radius 3 is 3.16 bits per heavy atom. The Morgan fingerprint density at radius 1 is 1.32 bits per heavy atom. The van der Waals surface area contributed by atoms with Crippen LogP contribution in [0.25, 0.3) is 11.0 Å². The van der Waals surface area contributed by atoms with E-state index in [-0.39, 0.29) is 6.29 Å². The van der Waals surface area contributed by atoms with Crippen molar-refractivity contribution in [2.75, 3.05) is 13.2 Å².